The number of nitrogens with zero attached hydrogens (tertiary/aromatic N) is 1. The van der Waals surface area contributed by atoms with E-state index in [0.29, 0.717) is 10.7 Å². The zero-order chi connectivity index (χ0) is 13.8. The Morgan fingerprint density at radius 2 is 2.05 bits per heavy atom. The van der Waals surface area contributed by atoms with Gasteiger partial charge in [-0.2, -0.15) is 0 Å². The number of benzene rings is 1. The molecule has 1 aromatic carbocycles. The molecule has 2 amide bonds. The molecule has 1 saturated heterocycles. The van der Waals surface area contributed by atoms with Gasteiger partial charge in [-0.15, -0.1) is 0 Å². The monoisotopic (exact) mass is 281 g/mol. The van der Waals surface area contributed by atoms with Crippen molar-refractivity contribution in [3.63, 3.8) is 0 Å². The van der Waals surface area contributed by atoms with E-state index in [2.05, 4.69) is 5.32 Å². The number of halogens is 1. The minimum absolute atomic E-state index is 0.157. The van der Waals surface area contributed by atoms with Gasteiger partial charge in [0.25, 0.3) is 0 Å². The molecule has 1 fully saturated rings. The average Bonchev–Trinajstić information content (AvgIpc) is 2.80. The lowest BCUT2D eigenvalue weighted by Gasteiger charge is -2.20. The van der Waals surface area contributed by atoms with Crippen molar-refractivity contribution in [1.82, 2.24) is 4.90 Å². The van der Waals surface area contributed by atoms with Gasteiger partial charge in [0.15, 0.2) is 0 Å². The maximum absolute atomic E-state index is 11.9. The summed E-state index contributed by atoms with van der Waals surface area (Å²) in [6.45, 7) is 0.901. The maximum Gasteiger partial charge on any atom is 0.238 e. The fraction of sp³-hybridized carbons (Fsp3) is 0.385. The number of anilines is 1. The highest BCUT2D eigenvalue weighted by atomic mass is 35.5. The summed E-state index contributed by atoms with van der Waals surface area (Å²) in [5, 5.41) is 3.38. The van der Waals surface area contributed by atoms with Crippen LogP contribution in [0, 0.1) is 0 Å². The first-order chi connectivity index (χ1) is 9.06. The molecule has 1 atom stereocenters. The smallest absolute Gasteiger partial charge is 0.238 e. The van der Waals surface area contributed by atoms with E-state index in [4.69, 9.17) is 17.3 Å². The second kappa shape index (κ2) is 6.04. The van der Waals surface area contributed by atoms with Crippen molar-refractivity contribution in [2.45, 2.75) is 18.9 Å². The number of hydrogen-bond donors (Lipinski definition) is 2. The lowest BCUT2D eigenvalue weighted by atomic mass is 10.2. The van der Waals surface area contributed by atoms with Gasteiger partial charge in [0, 0.05) is 10.7 Å². The predicted molar refractivity (Wildman–Crippen MR) is 73.9 cm³/mol. The Balaban J connectivity index is 1.90. The molecule has 5 nitrogen and oxygen atoms in total. The van der Waals surface area contributed by atoms with Crippen molar-refractivity contribution >= 4 is 29.1 Å². The minimum atomic E-state index is -0.364. The van der Waals surface area contributed by atoms with Gasteiger partial charge in [-0.3, -0.25) is 14.5 Å². The first-order valence-electron chi connectivity index (χ1n) is 6.15. The van der Waals surface area contributed by atoms with Gasteiger partial charge < -0.3 is 11.1 Å². The molecule has 0 radical (unpaired) electrons. The molecule has 3 N–H and O–H groups in total. The molecule has 0 aliphatic carbocycles. The zero-order valence-corrected chi connectivity index (χ0v) is 11.2. The van der Waals surface area contributed by atoms with E-state index < -0.39 is 0 Å². The highest BCUT2D eigenvalue weighted by molar-refractivity contribution is 6.30. The highest BCUT2D eigenvalue weighted by Crippen LogP contribution is 2.17. The van der Waals surface area contributed by atoms with E-state index >= 15 is 0 Å². The summed E-state index contributed by atoms with van der Waals surface area (Å²) in [5.41, 5.74) is 5.99. The molecule has 0 aromatic heterocycles. The Labute approximate surface area is 116 Å². The fourth-order valence-corrected chi connectivity index (χ4v) is 2.38. The van der Waals surface area contributed by atoms with Crippen molar-refractivity contribution in [1.29, 1.82) is 0 Å². The van der Waals surface area contributed by atoms with Crippen LogP contribution >= 0.6 is 11.6 Å². The minimum Gasteiger partial charge on any atom is -0.368 e. The van der Waals surface area contributed by atoms with Crippen LogP contribution in [0.2, 0.25) is 5.02 Å². The molecule has 102 valence electrons. The Hall–Kier alpha value is -1.59. The van der Waals surface area contributed by atoms with Gasteiger partial charge in [0.05, 0.1) is 12.6 Å². The van der Waals surface area contributed by atoms with Gasteiger partial charge in [-0.25, -0.2) is 0 Å². The van der Waals surface area contributed by atoms with E-state index in [1.807, 2.05) is 4.90 Å². The molecule has 1 aliphatic rings. The molecule has 2 rings (SSSR count). The van der Waals surface area contributed by atoms with Crippen LogP contribution in [0.5, 0.6) is 0 Å². The van der Waals surface area contributed by atoms with Gasteiger partial charge in [-0.05, 0) is 43.7 Å². The number of carbonyl (C=O) groups is 2. The molecule has 1 unspecified atom stereocenters. The molecular weight excluding hydrogens is 266 g/mol. The van der Waals surface area contributed by atoms with Crippen molar-refractivity contribution in [2.75, 3.05) is 18.4 Å². The SMILES string of the molecule is NC(=O)C1CCCN1CC(=O)Nc1ccc(Cl)cc1. The van der Waals surface area contributed by atoms with Gasteiger partial charge in [0.1, 0.15) is 0 Å². The van der Waals surface area contributed by atoms with Crippen LogP contribution in [0.1, 0.15) is 12.8 Å². The summed E-state index contributed by atoms with van der Waals surface area (Å²) < 4.78 is 0. The Morgan fingerprint density at radius 1 is 1.37 bits per heavy atom. The van der Waals surface area contributed by atoms with E-state index in [1.165, 1.54) is 0 Å². The number of rotatable bonds is 4. The Kier molecular flexibility index (Phi) is 4.39. The number of amides is 2. The molecule has 0 saturated carbocycles. The van der Waals surface area contributed by atoms with Gasteiger partial charge in [-0.1, -0.05) is 11.6 Å². The van der Waals surface area contributed by atoms with E-state index in [-0.39, 0.29) is 24.4 Å². The summed E-state index contributed by atoms with van der Waals surface area (Å²) in [6.07, 6.45) is 1.62. The third kappa shape index (κ3) is 3.68. The van der Waals surface area contributed by atoms with Crippen LogP contribution in [0.3, 0.4) is 0 Å². The first kappa shape index (κ1) is 13.8. The van der Waals surface area contributed by atoms with Crippen LogP contribution in [-0.4, -0.2) is 35.8 Å². The average molecular weight is 282 g/mol. The molecule has 1 aliphatic heterocycles. The summed E-state index contributed by atoms with van der Waals surface area (Å²) in [4.78, 5) is 24.9. The summed E-state index contributed by atoms with van der Waals surface area (Å²) in [7, 11) is 0. The zero-order valence-electron chi connectivity index (χ0n) is 10.4. The number of likely N-dealkylation sites (tertiary alicyclic amines) is 1. The second-order valence-corrected chi connectivity index (χ2v) is 5.02. The third-order valence-electron chi connectivity index (χ3n) is 3.17. The number of carbonyl (C=O) groups excluding carboxylic acids is 2. The highest BCUT2D eigenvalue weighted by Gasteiger charge is 2.30. The van der Waals surface area contributed by atoms with E-state index in [9.17, 15) is 9.59 Å². The van der Waals surface area contributed by atoms with Crippen LogP contribution in [0.15, 0.2) is 24.3 Å². The number of primary amides is 1. The molecule has 19 heavy (non-hydrogen) atoms. The largest absolute Gasteiger partial charge is 0.368 e. The van der Waals surface area contributed by atoms with E-state index in [0.717, 1.165) is 19.4 Å². The fourth-order valence-electron chi connectivity index (χ4n) is 2.26. The molecule has 0 spiro atoms. The van der Waals surface area contributed by atoms with Crippen molar-refractivity contribution < 1.29 is 9.59 Å². The standard InChI is InChI=1S/C13H16ClN3O2/c14-9-3-5-10(6-4-9)16-12(18)8-17-7-1-2-11(17)13(15)19/h3-6,11H,1-2,7-8H2,(H2,15,19)(H,16,18). The lowest BCUT2D eigenvalue weighted by Crippen LogP contribution is -2.43. The molecule has 0 bridgehead atoms. The van der Waals surface area contributed by atoms with Crippen molar-refractivity contribution in [3.05, 3.63) is 29.3 Å². The molecule has 6 heteroatoms. The summed E-state index contributed by atoms with van der Waals surface area (Å²) >= 11 is 5.77. The van der Waals surface area contributed by atoms with E-state index in [1.54, 1.807) is 24.3 Å². The second-order valence-electron chi connectivity index (χ2n) is 4.59. The quantitative estimate of drug-likeness (QED) is 0.871. The summed E-state index contributed by atoms with van der Waals surface area (Å²) in [5.74, 6) is -0.521. The normalized spacial score (nSPS) is 19.3. The Bertz CT molecular complexity index is 475. The van der Waals surface area contributed by atoms with Crippen LogP contribution in [0.4, 0.5) is 5.69 Å². The lowest BCUT2D eigenvalue weighted by molar-refractivity contribution is -0.123. The maximum atomic E-state index is 11.9. The summed E-state index contributed by atoms with van der Waals surface area (Å²) in [6, 6.07) is 6.56. The van der Waals surface area contributed by atoms with Crippen LogP contribution < -0.4 is 11.1 Å². The number of hydrogen-bond acceptors (Lipinski definition) is 3. The Morgan fingerprint density at radius 3 is 2.68 bits per heavy atom. The third-order valence-corrected chi connectivity index (χ3v) is 3.42. The van der Waals surface area contributed by atoms with Crippen molar-refractivity contribution in [2.24, 2.45) is 5.73 Å². The van der Waals surface area contributed by atoms with Crippen molar-refractivity contribution in [3.8, 4) is 0 Å². The number of nitrogens with one attached hydrogen (secondary N) is 1. The molecule has 1 aromatic rings. The van der Waals surface area contributed by atoms with Crippen LogP contribution in [0.25, 0.3) is 0 Å². The number of nitrogens with two attached hydrogens (primary N) is 1. The topological polar surface area (TPSA) is 75.4 Å². The predicted octanol–water partition coefficient (Wildman–Crippen LogP) is 1.23. The van der Waals surface area contributed by atoms with Gasteiger partial charge >= 0.3 is 0 Å². The molecule has 1 heterocycles. The molecular formula is C13H16ClN3O2. The first-order valence-corrected chi connectivity index (χ1v) is 6.53. The van der Waals surface area contributed by atoms with Gasteiger partial charge in [0.2, 0.25) is 11.8 Å². The van der Waals surface area contributed by atoms with Crippen LogP contribution in [-0.2, 0) is 9.59 Å².